The maximum absolute atomic E-state index is 12.8. The molecule has 1 fully saturated rings. The maximum Gasteiger partial charge on any atom is 0.338 e. The number of urea groups is 1. The number of nitrogens with one attached hydrogen (secondary N) is 2. The monoisotopic (exact) mass is 401 g/mol. The Kier molecular flexibility index (Phi) is 5.30. The highest BCUT2D eigenvalue weighted by atomic mass is 32.2. The van der Waals surface area contributed by atoms with E-state index in [4.69, 9.17) is 4.74 Å². The number of esters is 1. The highest BCUT2D eigenvalue weighted by Crippen LogP contribution is 2.35. The van der Waals surface area contributed by atoms with Gasteiger partial charge in [-0.05, 0) is 36.8 Å². The molecule has 8 heteroatoms. The minimum atomic E-state index is -0.567. The zero-order valence-corrected chi connectivity index (χ0v) is 16.5. The molecule has 1 aromatic carbocycles. The first kappa shape index (κ1) is 18.9. The van der Waals surface area contributed by atoms with Crippen molar-refractivity contribution in [1.82, 2.24) is 15.5 Å². The number of thioether (sulfide) groups is 1. The van der Waals surface area contributed by atoms with Crippen LogP contribution in [0, 0.1) is 0 Å². The van der Waals surface area contributed by atoms with Gasteiger partial charge in [0.05, 0.1) is 17.3 Å². The molecule has 1 aliphatic carbocycles. The first-order chi connectivity index (χ1) is 13.6. The molecule has 28 heavy (non-hydrogen) atoms. The molecule has 2 heterocycles. The van der Waals surface area contributed by atoms with Crippen molar-refractivity contribution in [3.63, 3.8) is 0 Å². The molecule has 2 N–H and O–H groups in total. The predicted octanol–water partition coefficient (Wildman–Crippen LogP) is 2.34. The van der Waals surface area contributed by atoms with Crippen molar-refractivity contribution in [3.05, 3.63) is 41.1 Å². The molecule has 1 saturated carbocycles. The van der Waals surface area contributed by atoms with Gasteiger partial charge in [-0.15, -0.1) is 11.8 Å². The number of nitrogens with zero attached hydrogens (tertiary/aromatic N) is 1. The molecule has 7 nitrogen and oxygen atoms in total. The van der Waals surface area contributed by atoms with Gasteiger partial charge in [0.15, 0.2) is 0 Å². The Hall–Kier alpha value is -2.48. The van der Waals surface area contributed by atoms with Gasteiger partial charge in [0.1, 0.15) is 13.2 Å². The van der Waals surface area contributed by atoms with Crippen molar-refractivity contribution in [1.29, 1.82) is 0 Å². The zero-order valence-electron chi connectivity index (χ0n) is 15.7. The Labute approximate surface area is 167 Å². The van der Waals surface area contributed by atoms with Gasteiger partial charge < -0.3 is 15.4 Å². The van der Waals surface area contributed by atoms with Crippen LogP contribution in [0.4, 0.5) is 4.79 Å². The van der Waals surface area contributed by atoms with E-state index in [1.54, 1.807) is 11.8 Å². The predicted molar refractivity (Wildman–Crippen MR) is 105 cm³/mol. The van der Waals surface area contributed by atoms with Gasteiger partial charge in [0, 0.05) is 10.9 Å². The Morgan fingerprint density at radius 2 is 1.96 bits per heavy atom. The average Bonchev–Trinajstić information content (AvgIpc) is 3.34. The standard InChI is InChI=1S/C20H23N3O4S/c1-28-14-8-6-12(7-9-14)18-17-15(11-27-19(17)25)23(20(26)22-18)10-16(24)21-13-4-2-3-5-13/h6-9,13,18H,2-5,10-11H2,1H3,(H,21,24)(H,22,26)/t18-/m0/s1. The maximum atomic E-state index is 12.8. The van der Waals surface area contributed by atoms with Crippen molar-refractivity contribution < 1.29 is 19.1 Å². The van der Waals surface area contributed by atoms with Crippen molar-refractivity contribution in [3.8, 4) is 0 Å². The van der Waals surface area contributed by atoms with E-state index in [1.165, 1.54) is 4.90 Å². The molecule has 0 aromatic heterocycles. The number of cyclic esters (lactones) is 1. The van der Waals surface area contributed by atoms with Crippen LogP contribution in [0.1, 0.15) is 37.3 Å². The number of carbonyl (C=O) groups excluding carboxylic acids is 3. The normalized spacial score (nSPS) is 22.2. The molecule has 0 bridgehead atoms. The van der Waals surface area contributed by atoms with Crippen LogP contribution in [0.25, 0.3) is 0 Å². The highest BCUT2D eigenvalue weighted by Gasteiger charge is 2.42. The first-order valence-electron chi connectivity index (χ1n) is 9.48. The summed E-state index contributed by atoms with van der Waals surface area (Å²) in [6.07, 6.45) is 6.16. The summed E-state index contributed by atoms with van der Waals surface area (Å²) >= 11 is 1.62. The van der Waals surface area contributed by atoms with Gasteiger partial charge in [-0.1, -0.05) is 25.0 Å². The molecule has 1 aromatic rings. The molecule has 0 unspecified atom stereocenters. The van der Waals surface area contributed by atoms with Crippen molar-refractivity contribution in [2.75, 3.05) is 19.4 Å². The Balaban J connectivity index is 1.57. The van der Waals surface area contributed by atoms with Gasteiger partial charge in [0.2, 0.25) is 5.91 Å². The number of amides is 3. The topological polar surface area (TPSA) is 87.7 Å². The molecule has 0 saturated heterocycles. The first-order valence-corrected chi connectivity index (χ1v) is 10.7. The minimum absolute atomic E-state index is 0.0116. The van der Waals surface area contributed by atoms with Crippen molar-refractivity contribution >= 4 is 29.7 Å². The molecule has 4 rings (SSSR count). The van der Waals surface area contributed by atoms with Crippen molar-refractivity contribution in [2.45, 2.75) is 42.7 Å². The fourth-order valence-electron chi connectivity index (χ4n) is 4.01. The second-order valence-corrected chi connectivity index (χ2v) is 8.11. The lowest BCUT2D eigenvalue weighted by Crippen LogP contribution is -2.51. The van der Waals surface area contributed by atoms with Crippen LogP contribution < -0.4 is 10.6 Å². The largest absolute Gasteiger partial charge is 0.456 e. The van der Waals surface area contributed by atoms with Gasteiger partial charge in [-0.3, -0.25) is 9.69 Å². The number of benzene rings is 1. The fourth-order valence-corrected chi connectivity index (χ4v) is 4.42. The molecule has 3 amide bonds. The number of carbonyl (C=O) groups is 3. The highest BCUT2D eigenvalue weighted by molar-refractivity contribution is 7.98. The number of hydrogen-bond donors (Lipinski definition) is 2. The molecule has 2 aliphatic heterocycles. The number of ether oxygens (including phenoxy) is 1. The summed E-state index contributed by atoms with van der Waals surface area (Å²) in [7, 11) is 0. The fraction of sp³-hybridized carbons (Fsp3) is 0.450. The van der Waals surface area contributed by atoms with Crippen LogP contribution in [0.5, 0.6) is 0 Å². The lowest BCUT2D eigenvalue weighted by Gasteiger charge is -2.32. The quantitative estimate of drug-likeness (QED) is 0.584. The molecular weight excluding hydrogens is 378 g/mol. The van der Waals surface area contributed by atoms with E-state index in [0.717, 1.165) is 36.1 Å². The van der Waals surface area contributed by atoms with Gasteiger partial charge in [-0.25, -0.2) is 9.59 Å². The molecule has 0 spiro atoms. The lowest BCUT2D eigenvalue weighted by atomic mass is 9.96. The zero-order chi connectivity index (χ0) is 19.7. The average molecular weight is 401 g/mol. The summed E-state index contributed by atoms with van der Waals surface area (Å²) < 4.78 is 5.21. The Morgan fingerprint density at radius 1 is 1.25 bits per heavy atom. The van der Waals surface area contributed by atoms with E-state index in [-0.39, 0.29) is 25.1 Å². The Morgan fingerprint density at radius 3 is 2.64 bits per heavy atom. The van der Waals surface area contributed by atoms with Crippen LogP contribution in [0.15, 0.2) is 40.4 Å². The smallest absolute Gasteiger partial charge is 0.338 e. The van der Waals surface area contributed by atoms with E-state index in [1.807, 2.05) is 30.5 Å². The molecule has 1 atom stereocenters. The van der Waals surface area contributed by atoms with Crippen LogP contribution in [0.2, 0.25) is 0 Å². The minimum Gasteiger partial charge on any atom is -0.456 e. The second kappa shape index (κ2) is 7.87. The SMILES string of the molecule is CSc1ccc([C@@H]2NC(=O)N(CC(=O)NC3CCCC3)C3=C2C(=O)OC3)cc1. The summed E-state index contributed by atoms with van der Waals surface area (Å²) in [6.45, 7) is -0.104. The summed E-state index contributed by atoms with van der Waals surface area (Å²) in [5.41, 5.74) is 1.70. The van der Waals surface area contributed by atoms with Crippen LogP contribution in [-0.4, -0.2) is 48.3 Å². The van der Waals surface area contributed by atoms with Gasteiger partial charge >= 0.3 is 12.0 Å². The summed E-state index contributed by atoms with van der Waals surface area (Å²) in [4.78, 5) is 40.0. The van der Waals surface area contributed by atoms with Crippen molar-refractivity contribution in [2.24, 2.45) is 0 Å². The molecule has 148 valence electrons. The lowest BCUT2D eigenvalue weighted by molar-refractivity contribution is -0.136. The van der Waals surface area contributed by atoms with E-state index in [0.29, 0.717) is 11.3 Å². The van der Waals surface area contributed by atoms with Crippen LogP contribution in [0.3, 0.4) is 0 Å². The van der Waals surface area contributed by atoms with Crippen LogP contribution >= 0.6 is 11.8 Å². The summed E-state index contributed by atoms with van der Waals surface area (Å²) in [6, 6.07) is 6.92. The van der Waals surface area contributed by atoms with E-state index in [2.05, 4.69) is 10.6 Å². The third kappa shape index (κ3) is 3.61. The molecule has 3 aliphatic rings. The van der Waals surface area contributed by atoms with E-state index >= 15 is 0 Å². The van der Waals surface area contributed by atoms with Gasteiger partial charge in [-0.2, -0.15) is 0 Å². The third-order valence-electron chi connectivity index (χ3n) is 5.47. The Bertz CT molecular complexity index is 830. The number of hydrogen-bond acceptors (Lipinski definition) is 5. The van der Waals surface area contributed by atoms with Crippen LogP contribution in [-0.2, 0) is 14.3 Å². The van der Waals surface area contributed by atoms with E-state index in [9.17, 15) is 14.4 Å². The third-order valence-corrected chi connectivity index (χ3v) is 6.21. The molecular formula is C20H23N3O4S. The molecule has 0 radical (unpaired) electrons. The van der Waals surface area contributed by atoms with Gasteiger partial charge in [0.25, 0.3) is 0 Å². The summed E-state index contributed by atoms with van der Waals surface area (Å²) in [5.74, 6) is -0.661. The van der Waals surface area contributed by atoms with E-state index < -0.39 is 18.0 Å². The summed E-state index contributed by atoms with van der Waals surface area (Å²) in [5, 5.41) is 5.84. The second-order valence-electron chi connectivity index (χ2n) is 7.23. The number of rotatable bonds is 5.